The number of carbonyl (C=O) groups excluding carboxylic acids is 3. The maximum absolute atomic E-state index is 14.1. The topological polar surface area (TPSA) is 107 Å². The zero-order chi connectivity index (χ0) is 23.3. The second kappa shape index (κ2) is 9.86. The Bertz CT molecular complexity index is 1080. The molecule has 0 bridgehead atoms. The van der Waals surface area contributed by atoms with Crippen LogP contribution in [-0.2, 0) is 20.8 Å². The van der Waals surface area contributed by atoms with Gasteiger partial charge in [-0.25, -0.2) is 9.18 Å². The van der Waals surface area contributed by atoms with Crippen molar-refractivity contribution in [3.8, 4) is 0 Å². The molecular weight excluding hydrogens is 417 g/mol. The first-order chi connectivity index (χ1) is 15.3. The third kappa shape index (κ3) is 5.18. The molecule has 0 radical (unpaired) electrons. The lowest BCUT2D eigenvalue weighted by Crippen LogP contribution is -2.57. The fourth-order valence-electron chi connectivity index (χ4n) is 3.33. The van der Waals surface area contributed by atoms with Crippen LogP contribution in [0.5, 0.6) is 0 Å². The van der Waals surface area contributed by atoms with Crippen molar-refractivity contribution in [2.45, 2.75) is 18.9 Å². The summed E-state index contributed by atoms with van der Waals surface area (Å²) in [6, 6.07) is 10.6. The van der Waals surface area contributed by atoms with Gasteiger partial charge in [-0.2, -0.15) is 0 Å². The van der Waals surface area contributed by atoms with Crippen LogP contribution in [0.3, 0.4) is 0 Å². The maximum Gasteiger partial charge on any atom is 0.323 e. The van der Waals surface area contributed by atoms with Crippen LogP contribution in [-0.4, -0.2) is 53.3 Å². The van der Waals surface area contributed by atoms with Gasteiger partial charge in [-0.1, -0.05) is 30.3 Å². The van der Waals surface area contributed by atoms with E-state index in [1.807, 2.05) is 0 Å². The number of urea groups is 1. The Balaban J connectivity index is 1.96. The van der Waals surface area contributed by atoms with Crippen LogP contribution in [0, 0.1) is 5.82 Å². The van der Waals surface area contributed by atoms with Gasteiger partial charge in [0.25, 0.3) is 5.91 Å². The van der Waals surface area contributed by atoms with E-state index >= 15 is 0 Å². The number of ketones is 1. The van der Waals surface area contributed by atoms with Crippen LogP contribution >= 0.6 is 0 Å². The summed E-state index contributed by atoms with van der Waals surface area (Å²) >= 11 is 0. The molecule has 1 aliphatic rings. The molecule has 0 saturated heterocycles. The number of carboxylic acid groups (broad SMARTS) is 1. The van der Waals surface area contributed by atoms with Crippen LogP contribution in [0.15, 0.2) is 60.8 Å². The predicted octanol–water partition coefficient (Wildman–Crippen LogP) is 2.33. The van der Waals surface area contributed by atoms with E-state index in [0.29, 0.717) is 11.1 Å². The Hall–Kier alpha value is -4.01. The van der Waals surface area contributed by atoms with Gasteiger partial charge in [0.05, 0.1) is 6.42 Å². The van der Waals surface area contributed by atoms with Gasteiger partial charge in [0.2, 0.25) is 0 Å². The van der Waals surface area contributed by atoms with E-state index in [4.69, 9.17) is 5.11 Å². The molecule has 0 unspecified atom stereocenters. The normalized spacial score (nSPS) is 15.6. The van der Waals surface area contributed by atoms with E-state index in [2.05, 4.69) is 5.32 Å². The van der Waals surface area contributed by atoms with Gasteiger partial charge < -0.3 is 15.3 Å². The molecule has 166 valence electrons. The van der Waals surface area contributed by atoms with Crippen molar-refractivity contribution >= 4 is 29.4 Å². The highest BCUT2D eigenvalue weighted by atomic mass is 19.1. The Morgan fingerprint density at radius 3 is 2.62 bits per heavy atom. The fraction of sp³-hybridized carbons (Fsp3) is 0.217. The molecule has 0 aliphatic carbocycles. The summed E-state index contributed by atoms with van der Waals surface area (Å²) in [5, 5.41) is 11.3. The second-order valence-electron chi connectivity index (χ2n) is 7.25. The molecule has 1 aliphatic heterocycles. The quantitative estimate of drug-likeness (QED) is 0.644. The zero-order valence-corrected chi connectivity index (χ0v) is 17.3. The highest BCUT2D eigenvalue weighted by molar-refractivity contribution is 6.19. The summed E-state index contributed by atoms with van der Waals surface area (Å²) < 4.78 is 14.1. The van der Waals surface area contributed by atoms with Crippen LogP contribution < -0.4 is 10.2 Å². The van der Waals surface area contributed by atoms with E-state index in [9.17, 15) is 23.6 Å². The number of likely N-dealkylation sites (N-methyl/N-ethyl adjacent to an activating group) is 1. The number of carboxylic acids is 1. The van der Waals surface area contributed by atoms with Crippen LogP contribution in [0.4, 0.5) is 14.9 Å². The number of halogens is 1. The minimum absolute atomic E-state index is 0.180. The average molecular weight is 439 g/mol. The van der Waals surface area contributed by atoms with Crippen LogP contribution in [0.2, 0.25) is 0 Å². The number of hydrogen-bond donors (Lipinski definition) is 2. The third-order valence-corrected chi connectivity index (χ3v) is 4.95. The van der Waals surface area contributed by atoms with E-state index < -0.39 is 29.7 Å². The minimum Gasteiger partial charge on any atom is -0.481 e. The molecular formula is C23H22FN3O5. The lowest BCUT2D eigenvalue weighted by molar-refractivity contribution is -0.137. The highest BCUT2D eigenvalue weighted by Crippen LogP contribution is 2.24. The van der Waals surface area contributed by atoms with Crippen LogP contribution in [0.25, 0.3) is 0 Å². The molecule has 2 N–H and O–H groups in total. The average Bonchev–Trinajstić information content (AvgIpc) is 2.75. The van der Waals surface area contributed by atoms with E-state index in [1.165, 1.54) is 30.3 Å². The standard InChI is InChI=1S/C23H22FN3O5/c1-26-12-10-19(28)21(22(26)31)27(23(32)25-11-9-20(29)30)17-7-4-5-15(14-17)13-16-6-2-3-8-18(16)24/h2-8,10,12,14,21H,9,11,13H2,1H3,(H,25,32)(H,29,30)/t21-/m0/s1. The molecule has 3 rings (SSSR count). The molecule has 0 spiro atoms. The summed E-state index contributed by atoms with van der Waals surface area (Å²) in [6.45, 7) is -0.180. The van der Waals surface area contributed by atoms with Crippen molar-refractivity contribution in [1.82, 2.24) is 10.2 Å². The van der Waals surface area contributed by atoms with Gasteiger partial charge in [-0.3, -0.25) is 19.3 Å². The molecule has 8 nitrogen and oxygen atoms in total. The molecule has 9 heteroatoms. The lowest BCUT2D eigenvalue weighted by atomic mass is 10.0. The first kappa shape index (κ1) is 22.7. The van der Waals surface area contributed by atoms with Gasteiger partial charge in [-0.05, 0) is 29.3 Å². The molecule has 3 amide bonds. The number of aliphatic carboxylic acids is 1. The summed E-state index contributed by atoms with van der Waals surface area (Å²) in [5.74, 6) is -2.66. The molecule has 2 aromatic rings. The number of amides is 3. The Morgan fingerprint density at radius 1 is 1.16 bits per heavy atom. The molecule has 0 fully saturated rings. The summed E-state index contributed by atoms with van der Waals surface area (Å²) in [4.78, 5) is 51.3. The molecule has 32 heavy (non-hydrogen) atoms. The predicted molar refractivity (Wildman–Crippen MR) is 114 cm³/mol. The number of nitrogens with one attached hydrogen (secondary N) is 1. The largest absolute Gasteiger partial charge is 0.481 e. The van der Waals surface area contributed by atoms with Gasteiger partial charge in [0.1, 0.15) is 5.82 Å². The fourth-order valence-corrected chi connectivity index (χ4v) is 3.33. The lowest BCUT2D eigenvalue weighted by Gasteiger charge is -2.33. The van der Waals surface area contributed by atoms with Crippen molar-refractivity contribution in [3.63, 3.8) is 0 Å². The molecule has 2 aromatic carbocycles. The van der Waals surface area contributed by atoms with Crippen molar-refractivity contribution in [2.75, 3.05) is 18.5 Å². The number of benzene rings is 2. The number of hydrogen-bond acceptors (Lipinski definition) is 4. The molecule has 1 atom stereocenters. The van der Waals surface area contributed by atoms with Crippen molar-refractivity contribution in [1.29, 1.82) is 0 Å². The first-order valence-corrected chi connectivity index (χ1v) is 9.88. The Morgan fingerprint density at radius 2 is 1.91 bits per heavy atom. The van der Waals surface area contributed by atoms with Gasteiger partial charge in [-0.15, -0.1) is 0 Å². The smallest absolute Gasteiger partial charge is 0.323 e. The van der Waals surface area contributed by atoms with Crippen molar-refractivity contribution in [3.05, 3.63) is 77.8 Å². The summed E-state index contributed by atoms with van der Waals surface area (Å²) in [5.41, 5.74) is 1.37. The van der Waals surface area contributed by atoms with Gasteiger partial charge >= 0.3 is 12.0 Å². The van der Waals surface area contributed by atoms with Gasteiger partial charge in [0, 0.05) is 38.0 Å². The SMILES string of the molecule is CN1C=CC(=O)[C@H](N(C(=O)NCCC(=O)O)c2cccc(Cc3ccccc3F)c2)C1=O. The minimum atomic E-state index is -1.45. The highest BCUT2D eigenvalue weighted by Gasteiger charge is 2.39. The van der Waals surface area contributed by atoms with Crippen molar-refractivity contribution < 1.29 is 28.7 Å². The van der Waals surface area contributed by atoms with E-state index in [1.54, 1.807) is 42.5 Å². The van der Waals surface area contributed by atoms with E-state index in [0.717, 1.165) is 4.90 Å². The first-order valence-electron chi connectivity index (χ1n) is 9.88. The van der Waals surface area contributed by atoms with Crippen molar-refractivity contribution in [2.24, 2.45) is 0 Å². The third-order valence-electron chi connectivity index (χ3n) is 4.95. The Labute approximate surface area is 183 Å². The number of carbonyl (C=O) groups is 4. The number of anilines is 1. The Kier molecular flexibility index (Phi) is 6.99. The maximum atomic E-state index is 14.1. The molecule has 1 heterocycles. The summed E-state index contributed by atoms with van der Waals surface area (Å²) in [6.07, 6.45) is 2.43. The van der Waals surface area contributed by atoms with Gasteiger partial charge in [0.15, 0.2) is 11.8 Å². The number of nitrogens with zero attached hydrogens (tertiary/aromatic N) is 2. The number of rotatable bonds is 7. The monoisotopic (exact) mass is 439 g/mol. The zero-order valence-electron chi connectivity index (χ0n) is 17.3. The summed E-state index contributed by atoms with van der Waals surface area (Å²) in [7, 11) is 1.47. The second-order valence-corrected chi connectivity index (χ2v) is 7.25. The molecule has 0 saturated carbocycles. The molecule has 0 aromatic heterocycles. The van der Waals surface area contributed by atoms with E-state index in [-0.39, 0.29) is 30.9 Å². The van der Waals surface area contributed by atoms with Crippen LogP contribution in [0.1, 0.15) is 17.5 Å².